The van der Waals surface area contributed by atoms with E-state index < -0.39 is 0 Å². The number of esters is 1. The van der Waals surface area contributed by atoms with Gasteiger partial charge in [-0.3, -0.25) is 0 Å². The number of ether oxygens (including phenoxy) is 1. The first-order valence-electron chi connectivity index (χ1n) is 6.57. The second kappa shape index (κ2) is 4.53. The van der Waals surface area contributed by atoms with E-state index in [4.69, 9.17) is 9.72 Å². The molecule has 0 saturated heterocycles. The lowest BCUT2D eigenvalue weighted by molar-refractivity contribution is 0.0603. The van der Waals surface area contributed by atoms with Gasteiger partial charge < -0.3 is 4.74 Å². The van der Waals surface area contributed by atoms with Crippen molar-refractivity contribution in [2.75, 3.05) is 7.11 Å². The normalized spacial score (nSPS) is 11.3. The minimum Gasteiger partial charge on any atom is -0.465 e. The number of rotatable bonds is 1. The molecule has 0 bridgehead atoms. The van der Waals surface area contributed by atoms with Crippen molar-refractivity contribution in [3.8, 4) is 0 Å². The van der Waals surface area contributed by atoms with Crippen molar-refractivity contribution in [2.45, 2.75) is 0 Å². The van der Waals surface area contributed by atoms with E-state index in [1.165, 1.54) is 17.2 Å². The molecule has 4 heteroatoms. The molecule has 0 fully saturated rings. The zero-order valence-electron chi connectivity index (χ0n) is 11.3. The molecule has 2 heterocycles. The zero-order chi connectivity index (χ0) is 14.4. The average molecular weight is 293 g/mol. The molecular weight excluding hydrogens is 282 g/mol. The second-order valence-electron chi connectivity index (χ2n) is 4.81. The van der Waals surface area contributed by atoms with Crippen LogP contribution < -0.4 is 0 Å². The molecule has 2 aromatic carbocycles. The third-order valence-corrected chi connectivity index (χ3v) is 4.68. The Balaban J connectivity index is 2.14. The summed E-state index contributed by atoms with van der Waals surface area (Å²) in [5.41, 5.74) is 1.21. The molecule has 21 heavy (non-hydrogen) atoms. The number of carbonyl (C=O) groups is 1. The molecule has 3 nitrogen and oxygen atoms in total. The highest BCUT2D eigenvalue weighted by Crippen LogP contribution is 2.34. The molecular formula is C17H11NO2S. The first kappa shape index (κ1) is 12.3. The van der Waals surface area contributed by atoms with Crippen LogP contribution in [0.5, 0.6) is 0 Å². The Labute approximate surface area is 124 Å². The molecule has 4 rings (SSSR count). The lowest BCUT2D eigenvalue weighted by Gasteiger charge is -2.04. The molecule has 0 amide bonds. The summed E-state index contributed by atoms with van der Waals surface area (Å²) < 4.78 is 6.04. The fourth-order valence-electron chi connectivity index (χ4n) is 2.61. The SMILES string of the molecule is COC(=O)c1cccc2cc3c(nc12)sc1ccccc13. The van der Waals surface area contributed by atoms with Gasteiger partial charge in [0.25, 0.3) is 0 Å². The molecule has 4 aromatic rings. The predicted molar refractivity (Wildman–Crippen MR) is 86.0 cm³/mol. The molecule has 0 unspecified atom stereocenters. The number of benzene rings is 2. The number of nitrogens with zero attached hydrogens (tertiary/aromatic N) is 1. The Morgan fingerprint density at radius 1 is 1.10 bits per heavy atom. The second-order valence-corrected chi connectivity index (χ2v) is 5.84. The number of pyridine rings is 1. The van der Waals surface area contributed by atoms with Crippen molar-refractivity contribution in [1.29, 1.82) is 0 Å². The molecule has 0 aliphatic rings. The van der Waals surface area contributed by atoms with Crippen molar-refractivity contribution in [3.05, 3.63) is 54.1 Å². The van der Waals surface area contributed by atoms with Gasteiger partial charge >= 0.3 is 5.97 Å². The van der Waals surface area contributed by atoms with Crippen LogP contribution in [0.15, 0.2) is 48.5 Å². The van der Waals surface area contributed by atoms with Crippen LogP contribution in [-0.2, 0) is 4.74 Å². The zero-order valence-corrected chi connectivity index (χ0v) is 12.1. The summed E-state index contributed by atoms with van der Waals surface area (Å²) in [6, 6.07) is 15.9. The van der Waals surface area contributed by atoms with Crippen LogP contribution >= 0.6 is 11.3 Å². The number of thiophene rings is 1. The van der Waals surface area contributed by atoms with Crippen LogP contribution in [0.25, 0.3) is 31.2 Å². The first-order valence-corrected chi connectivity index (χ1v) is 7.39. The van der Waals surface area contributed by atoms with Gasteiger partial charge in [0.15, 0.2) is 0 Å². The maximum atomic E-state index is 11.9. The van der Waals surface area contributed by atoms with E-state index in [1.54, 1.807) is 17.4 Å². The van der Waals surface area contributed by atoms with Crippen molar-refractivity contribution in [2.24, 2.45) is 0 Å². The van der Waals surface area contributed by atoms with Gasteiger partial charge in [-0.1, -0.05) is 30.3 Å². The highest BCUT2D eigenvalue weighted by atomic mass is 32.1. The summed E-state index contributed by atoms with van der Waals surface area (Å²) in [4.78, 5) is 17.5. The summed E-state index contributed by atoms with van der Waals surface area (Å²) in [6.07, 6.45) is 0. The van der Waals surface area contributed by atoms with E-state index in [1.807, 2.05) is 24.3 Å². The van der Waals surface area contributed by atoms with Gasteiger partial charge in [-0.15, -0.1) is 11.3 Å². The minimum absolute atomic E-state index is 0.353. The third-order valence-electron chi connectivity index (χ3n) is 3.60. The molecule has 0 saturated carbocycles. The van der Waals surface area contributed by atoms with E-state index in [2.05, 4.69) is 18.2 Å². The Hall–Kier alpha value is -2.46. The Bertz CT molecular complexity index is 1000. The van der Waals surface area contributed by atoms with Gasteiger partial charge in [0.1, 0.15) is 4.83 Å². The van der Waals surface area contributed by atoms with Crippen LogP contribution in [0.4, 0.5) is 0 Å². The van der Waals surface area contributed by atoms with Crippen molar-refractivity contribution >= 4 is 48.5 Å². The molecule has 0 spiro atoms. The summed E-state index contributed by atoms with van der Waals surface area (Å²) >= 11 is 1.64. The van der Waals surface area contributed by atoms with Gasteiger partial charge in [0.05, 0.1) is 18.2 Å². The minimum atomic E-state index is -0.353. The smallest absolute Gasteiger partial charge is 0.340 e. The Morgan fingerprint density at radius 2 is 1.95 bits per heavy atom. The molecule has 0 N–H and O–H groups in total. The number of para-hydroxylation sites is 1. The maximum absolute atomic E-state index is 11.9. The van der Waals surface area contributed by atoms with Gasteiger partial charge in [0, 0.05) is 20.9 Å². The largest absolute Gasteiger partial charge is 0.465 e. The number of hydrogen-bond donors (Lipinski definition) is 0. The maximum Gasteiger partial charge on any atom is 0.340 e. The van der Waals surface area contributed by atoms with Crippen LogP contribution in [0.2, 0.25) is 0 Å². The Morgan fingerprint density at radius 3 is 2.81 bits per heavy atom. The van der Waals surface area contributed by atoms with Crippen molar-refractivity contribution < 1.29 is 9.53 Å². The van der Waals surface area contributed by atoms with E-state index in [0.29, 0.717) is 11.1 Å². The number of methoxy groups -OCH3 is 1. The number of aromatic nitrogens is 1. The first-order chi connectivity index (χ1) is 10.3. The molecule has 2 aromatic heterocycles. The molecule has 0 radical (unpaired) electrons. The van der Waals surface area contributed by atoms with Crippen LogP contribution in [0.1, 0.15) is 10.4 Å². The highest BCUT2D eigenvalue weighted by molar-refractivity contribution is 7.25. The lowest BCUT2D eigenvalue weighted by Crippen LogP contribution is -2.02. The average Bonchev–Trinajstić information content (AvgIpc) is 2.89. The van der Waals surface area contributed by atoms with Gasteiger partial charge in [-0.25, -0.2) is 9.78 Å². The molecule has 0 aliphatic heterocycles. The van der Waals surface area contributed by atoms with Crippen LogP contribution in [0, 0.1) is 0 Å². The third kappa shape index (κ3) is 1.80. The van der Waals surface area contributed by atoms with Crippen molar-refractivity contribution in [3.63, 3.8) is 0 Å². The number of carbonyl (C=O) groups excluding carboxylic acids is 1. The van der Waals surface area contributed by atoms with Crippen molar-refractivity contribution in [1.82, 2.24) is 4.98 Å². The molecule has 102 valence electrons. The lowest BCUT2D eigenvalue weighted by atomic mass is 10.1. The number of hydrogen-bond acceptors (Lipinski definition) is 4. The summed E-state index contributed by atoms with van der Waals surface area (Å²) in [5, 5.41) is 3.29. The summed E-state index contributed by atoms with van der Waals surface area (Å²) in [6.45, 7) is 0. The van der Waals surface area contributed by atoms with E-state index in [-0.39, 0.29) is 5.97 Å². The van der Waals surface area contributed by atoms with E-state index in [9.17, 15) is 4.79 Å². The fraction of sp³-hybridized carbons (Fsp3) is 0.0588. The molecule has 0 aliphatic carbocycles. The van der Waals surface area contributed by atoms with E-state index >= 15 is 0 Å². The summed E-state index contributed by atoms with van der Waals surface area (Å²) in [7, 11) is 1.39. The van der Waals surface area contributed by atoms with Gasteiger partial charge in [0.2, 0.25) is 0 Å². The monoisotopic (exact) mass is 293 g/mol. The van der Waals surface area contributed by atoms with Gasteiger partial charge in [-0.05, 0) is 18.2 Å². The molecule has 0 atom stereocenters. The quantitative estimate of drug-likeness (QED) is 0.489. The fourth-order valence-corrected chi connectivity index (χ4v) is 3.67. The van der Waals surface area contributed by atoms with E-state index in [0.717, 1.165) is 15.6 Å². The Kier molecular flexibility index (Phi) is 2.65. The predicted octanol–water partition coefficient (Wildman–Crippen LogP) is 4.39. The topological polar surface area (TPSA) is 39.2 Å². The summed E-state index contributed by atoms with van der Waals surface area (Å²) in [5.74, 6) is -0.353. The number of fused-ring (bicyclic) bond motifs is 4. The van der Waals surface area contributed by atoms with Crippen LogP contribution in [-0.4, -0.2) is 18.1 Å². The standard InChI is InChI=1S/C17H11NO2S/c1-20-17(19)12-7-4-5-10-9-13-11-6-2-3-8-14(11)21-16(13)18-15(10)12/h2-9H,1H3. The highest BCUT2D eigenvalue weighted by Gasteiger charge is 2.14. The van der Waals surface area contributed by atoms with Gasteiger partial charge in [-0.2, -0.15) is 0 Å². The van der Waals surface area contributed by atoms with Crippen LogP contribution in [0.3, 0.4) is 0 Å².